The lowest BCUT2D eigenvalue weighted by Crippen LogP contribution is -2.07. The maximum absolute atomic E-state index is 13.4. The molecule has 3 aromatic rings. The van der Waals surface area contributed by atoms with E-state index >= 15 is 0 Å². The molecule has 22 heavy (non-hydrogen) atoms. The summed E-state index contributed by atoms with van der Waals surface area (Å²) in [5.41, 5.74) is 6.21. The van der Waals surface area contributed by atoms with E-state index in [9.17, 15) is 13.2 Å². The highest BCUT2D eigenvalue weighted by molar-refractivity contribution is 7.20. The molecule has 0 radical (unpaired) electrons. The van der Waals surface area contributed by atoms with Crippen LogP contribution in [-0.2, 0) is 6.18 Å². The Kier molecular flexibility index (Phi) is 3.49. The van der Waals surface area contributed by atoms with Crippen molar-refractivity contribution in [3.8, 4) is 10.6 Å². The molecule has 0 atom stereocenters. The van der Waals surface area contributed by atoms with Crippen molar-refractivity contribution in [2.75, 3.05) is 5.73 Å². The van der Waals surface area contributed by atoms with E-state index in [0.29, 0.717) is 21.0 Å². The number of anilines is 1. The number of hydrogen-bond acceptors (Lipinski definition) is 4. The normalized spacial score (nSPS) is 12.0. The highest BCUT2D eigenvalue weighted by Crippen LogP contribution is 2.45. The van der Waals surface area contributed by atoms with Gasteiger partial charge in [-0.2, -0.15) is 13.2 Å². The number of halogens is 3. The number of nitrogens with two attached hydrogens (primary N) is 1. The fraction of sp³-hybridized carbons (Fsp3) is 0.133. The lowest BCUT2D eigenvalue weighted by Gasteiger charge is -2.10. The fourth-order valence-electron chi connectivity index (χ4n) is 2.21. The molecular formula is C15H11F3N2S2. The molecular weight excluding hydrogens is 329 g/mol. The SMILES string of the molecule is C=C(C)c1sc2nc(-c3cccs3)cc(C(F)(F)F)c2c1N. The van der Waals surface area contributed by atoms with Gasteiger partial charge in [0, 0.05) is 5.39 Å². The molecule has 0 aliphatic rings. The summed E-state index contributed by atoms with van der Waals surface area (Å²) in [6.45, 7) is 5.49. The van der Waals surface area contributed by atoms with E-state index in [4.69, 9.17) is 5.73 Å². The third-order valence-corrected chi connectivity index (χ3v) is 5.32. The first kappa shape index (κ1) is 15.1. The Bertz CT molecular complexity index is 861. The second kappa shape index (κ2) is 5.10. The van der Waals surface area contributed by atoms with Crippen molar-refractivity contribution in [3.63, 3.8) is 0 Å². The van der Waals surface area contributed by atoms with Gasteiger partial charge >= 0.3 is 6.18 Å². The van der Waals surface area contributed by atoms with Gasteiger partial charge in [0.15, 0.2) is 0 Å². The quantitative estimate of drug-likeness (QED) is 0.654. The number of hydrogen-bond donors (Lipinski definition) is 1. The first-order chi connectivity index (χ1) is 10.3. The zero-order valence-corrected chi connectivity index (χ0v) is 13.1. The van der Waals surface area contributed by atoms with E-state index in [1.165, 1.54) is 11.3 Å². The summed E-state index contributed by atoms with van der Waals surface area (Å²) in [5, 5.41) is 1.77. The number of fused-ring (bicyclic) bond motifs is 1. The predicted octanol–water partition coefficient (Wildman–Crippen LogP) is 5.66. The Morgan fingerprint density at radius 2 is 2.09 bits per heavy atom. The van der Waals surface area contributed by atoms with Crippen molar-refractivity contribution in [3.05, 3.63) is 40.6 Å². The van der Waals surface area contributed by atoms with E-state index < -0.39 is 11.7 Å². The molecule has 0 spiro atoms. The van der Waals surface area contributed by atoms with Crippen LogP contribution in [0.1, 0.15) is 17.4 Å². The lowest BCUT2D eigenvalue weighted by molar-refractivity contribution is -0.136. The molecule has 0 amide bonds. The molecule has 3 rings (SSSR count). The van der Waals surface area contributed by atoms with Gasteiger partial charge in [0.25, 0.3) is 0 Å². The van der Waals surface area contributed by atoms with Gasteiger partial charge < -0.3 is 5.73 Å². The second-order valence-electron chi connectivity index (χ2n) is 4.84. The number of rotatable bonds is 2. The molecule has 0 fully saturated rings. The molecule has 3 heterocycles. The van der Waals surface area contributed by atoms with Crippen LogP contribution in [0.25, 0.3) is 26.4 Å². The predicted molar refractivity (Wildman–Crippen MR) is 87.1 cm³/mol. The average Bonchev–Trinajstić information content (AvgIpc) is 3.05. The zero-order valence-electron chi connectivity index (χ0n) is 11.5. The van der Waals surface area contributed by atoms with Gasteiger partial charge in [-0.25, -0.2) is 4.98 Å². The Morgan fingerprint density at radius 3 is 2.64 bits per heavy atom. The van der Waals surface area contributed by atoms with Crippen molar-refractivity contribution in [1.29, 1.82) is 0 Å². The third-order valence-electron chi connectivity index (χ3n) is 3.17. The van der Waals surface area contributed by atoms with Crippen LogP contribution in [0, 0.1) is 0 Å². The van der Waals surface area contributed by atoms with Crippen LogP contribution in [0.2, 0.25) is 0 Å². The van der Waals surface area contributed by atoms with E-state index in [1.807, 2.05) is 0 Å². The number of thiophene rings is 2. The van der Waals surface area contributed by atoms with Crippen molar-refractivity contribution >= 4 is 44.2 Å². The molecule has 2 nitrogen and oxygen atoms in total. The number of allylic oxidation sites excluding steroid dienone is 1. The number of aromatic nitrogens is 1. The van der Waals surface area contributed by atoms with Crippen LogP contribution in [0.15, 0.2) is 30.2 Å². The molecule has 0 saturated carbocycles. The Balaban J connectivity index is 2.39. The minimum atomic E-state index is -4.49. The molecule has 2 N–H and O–H groups in total. The Morgan fingerprint density at radius 1 is 1.36 bits per heavy atom. The lowest BCUT2D eigenvalue weighted by atomic mass is 10.1. The van der Waals surface area contributed by atoms with Crippen LogP contribution < -0.4 is 5.73 Å². The van der Waals surface area contributed by atoms with Gasteiger partial charge in [0.05, 0.1) is 26.7 Å². The summed E-state index contributed by atoms with van der Waals surface area (Å²) in [6, 6.07) is 4.59. The zero-order chi connectivity index (χ0) is 16.1. The van der Waals surface area contributed by atoms with E-state index in [0.717, 1.165) is 17.4 Å². The minimum Gasteiger partial charge on any atom is -0.397 e. The fourth-order valence-corrected chi connectivity index (χ4v) is 3.94. The van der Waals surface area contributed by atoms with Gasteiger partial charge in [0.1, 0.15) is 4.83 Å². The van der Waals surface area contributed by atoms with Crippen LogP contribution in [0.4, 0.5) is 18.9 Å². The second-order valence-corrected chi connectivity index (χ2v) is 6.78. The maximum Gasteiger partial charge on any atom is 0.417 e. The number of alkyl halides is 3. The van der Waals surface area contributed by atoms with Crippen molar-refractivity contribution < 1.29 is 13.2 Å². The summed E-state index contributed by atoms with van der Waals surface area (Å²) >= 11 is 2.49. The van der Waals surface area contributed by atoms with Gasteiger partial charge in [-0.15, -0.1) is 22.7 Å². The van der Waals surface area contributed by atoms with Crippen molar-refractivity contribution in [2.45, 2.75) is 13.1 Å². The topological polar surface area (TPSA) is 38.9 Å². The average molecular weight is 340 g/mol. The van der Waals surface area contributed by atoms with E-state index in [-0.39, 0.29) is 15.9 Å². The number of nitrogen functional groups attached to an aromatic ring is 1. The molecule has 3 aromatic heterocycles. The summed E-state index contributed by atoms with van der Waals surface area (Å²) in [4.78, 5) is 5.89. The Hall–Kier alpha value is -1.86. The van der Waals surface area contributed by atoms with Gasteiger partial charge in [-0.05, 0) is 30.0 Å². The molecule has 0 saturated heterocycles. The van der Waals surface area contributed by atoms with Crippen molar-refractivity contribution in [1.82, 2.24) is 4.98 Å². The molecule has 114 valence electrons. The van der Waals surface area contributed by atoms with Crippen LogP contribution >= 0.6 is 22.7 Å². The van der Waals surface area contributed by atoms with Gasteiger partial charge in [0.2, 0.25) is 0 Å². The monoisotopic (exact) mass is 340 g/mol. The number of nitrogens with zero attached hydrogens (tertiary/aromatic N) is 1. The largest absolute Gasteiger partial charge is 0.417 e. The van der Waals surface area contributed by atoms with Gasteiger partial charge in [-0.1, -0.05) is 12.6 Å². The summed E-state index contributed by atoms with van der Waals surface area (Å²) in [7, 11) is 0. The third kappa shape index (κ3) is 2.40. The first-order valence-corrected chi connectivity index (χ1v) is 7.98. The standard InChI is InChI=1S/C15H11F3N2S2/c1-7(2)13-12(19)11-8(15(16,17)18)6-9(20-14(11)22-13)10-4-3-5-21-10/h3-6H,1,19H2,2H3. The molecule has 0 bridgehead atoms. The van der Waals surface area contributed by atoms with Crippen molar-refractivity contribution in [2.24, 2.45) is 0 Å². The number of pyridine rings is 1. The van der Waals surface area contributed by atoms with Crippen LogP contribution in [-0.4, -0.2) is 4.98 Å². The first-order valence-electron chi connectivity index (χ1n) is 6.29. The molecule has 0 aliphatic carbocycles. The molecule has 0 unspecified atom stereocenters. The molecule has 0 aromatic carbocycles. The van der Waals surface area contributed by atoms with E-state index in [2.05, 4.69) is 11.6 Å². The van der Waals surface area contributed by atoms with Gasteiger partial charge in [-0.3, -0.25) is 0 Å². The highest BCUT2D eigenvalue weighted by Gasteiger charge is 2.35. The molecule has 0 aliphatic heterocycles. The Labute approximate surface area is 132 Å². The summed E-state index contributed by atoms with van der Waals surface area (Å²) < 4.78 is 40.3. The van der Waals surface area contributed by atoms with Crippen LogP contribution in [0.5, 0.6) is 0 Å². The van der Waals surface area contributed by atoms with E-state index in [1.54, 1.807) is 24.4 Å². The van der Waals surface area contributed by atoms with Crippen LogP contribution in [0.3, 0.4) is 0 Å². The minimum absolute atomic E-state index is 0.0317. The molecule has 7 heteroatoms. The summed E-state index contributed by atoms with van der Waals surface area (Å²) in [6.07, 6.45) is -4.49. The smallest absolute Gasteiger partial charge is 0.397 e. The maximum atomic E-state index is 13.4. The summed E-state index contributed by atoms with van der Waals surface area (Å²) in [5.74, 6) is 0. The highest BCUT2D eigenvalue weighted by atomic mass is 32.1.